The third-order valence-electron chi connectivity index (χ3n) is 1.59. The molecule has 0 saturated heterocycles. The molecule has 0 N–H and O–H groups in total. The number of rotatable bonds is 1. The lowest BCUT2D eigenvalue weighted by molar-refractivity contribution is 1.01. The zero-order valence-corrected chi connectivity index (χ0v) is 6.56. The minimum atomic E-state index is 1.05. The van der Waals surface area contributed by atoms with Gasteiger partial charge in [-0.3, -0.25) is 4.40 Å². The number of aromatic nitrogens is 2. The van der Waals surface area contributed by atoms with Gasteiger partial charge in [0.15, 0.2) is 4.96 Å². The summed E-state index contributed by atoms with van der Waals surface area (Å²) < 4.78 is 2.13. The van der Waals surface area contributed by atoms with E-state index in [0.717, 1.165) is 11.4 Å². The molecule has 10 heavy (non-hydrogen) atoms. The summed E-state index contributed by atoms with van der Waals surface area (Å²) in [6.07, 6.45) is 5.05. The smallest absolute Gasteiger partial charge is 0.193 e. The quantitative estimate of drug-likeness (QED) is 0.610. The van der Waals surface area contributed by atoms with Gasteiger partial charge in [0.25, 0.3) is 0 Å². The van der Waals surface area contributed by atoms with Crippen LogP contribution in [0.4, 0.5) is 0 Å². The van der Waals surface area contributed by atoms with Crippen molar-refractivity contribution in [3.8, 4) is 0 Å². The van der Waals surface area contributed by atoms with Gasteiger partial charge in [0.2, 0.25) is 0 Å². The van der Waals surface area contributed by atoms with Gasteiger partial charge in [-0.2, -0.15) is 0 Å². The summed E-state index contributed by atoms with van der Waals surface area (Å²) in [4.78, 5) is 5.33. The number of thiazole rings is 1. The largest absolute Gasteiger partial charge is 0.295 e. The summed E-state index contributed by atoms with van der Waals surface area (Å²) in [7, 11) is 0. The standard InChI is InChI=1S/C7H8N2S/c1-2-6-5-8-7-9(6)3-4-10-7/h3-5H,2H2,1H3. The Balaban J connectivity index is 2.76. The van der Waals surface area contributed by atoms with Crippen molar-refractivity contribution >= 4 is 16.3 Å². The highest BCUT2D eigenvalue weighted by Gasteiger charge is 1.99. The number of nitrogens with zero attached hydrogens (tertiary/aromatic N) is 2. The molecule has 0 aliphatic rings. The van der Waals surface area contributed by atoms with E-state index < -0.39 is 0 Å². The van der Waals surface area contributed by atoms with Crippen molar-refractivity contribution in [2.75, 3.05) is 0 Å². The number of fused-ring (bicyclic) bond motifs is 1. The molecule has 0 aliphatic carbocycles. The molecule has 0 spiro atoms. The van der Waals surface area contributed by atoms with E-state index in [4.69, 9.17) is 0 Å². The topological polar surface area (TPSA) is 17.3 Å². The second-order valence-electron chi connectivity index (χ2n) is 2.16. The van der Waals surface area contributed by atoms with Crippen LogP contribution in [-0.4, -0.2) is 9.38 Å². The van der Waals surface area contributed by atoms with Crippen LogP contribution in [0.2, 0.25) is 0 Å². The number of hydrogen-bond acceptors (Lipinski definition) is 2. The highest BCUT2D eigenvalue weighted by molar-refractivity contribution is 7.15. The average molecular weight is 152 g/mol. The second-order valence-corrected chi connectivity index (χ2v) is 3.03. The molecule has 3 heteroatoms. The van der Waals surface area contributed by atoms with Crippen molar-refractivity contribution < 1.29 is 0 Å². The zero-order valence-electron chi connectivity index (χ0n) is 5.74. The van der Waals surface area contributed by atoms with Crippen LogP contribution >= 0.6 is 11.3 Å². The molecule has 2 heterocycles. The fraction of sp³-hybridized carbons (Fsp3) is 0.286. The van der Waals surface area contributed by atoms with Crippen molar-refractivity contribution in [3.05, 3.63) is 23.5 Å². The van der Waals surface area contributed by atoms with Crippen LogP contribution < -0.4 is 0 Å². The fourth-order valence-electron chi connectivity index (χ4n) is 1.04. The van der Waals surface area contributed by atoms with Gasteiger partial charge in [-0.15, -0.1) is 11.3 Å². The summed E-state index contributed by atoms with van der Waals surface area (Å²) in [5.41, 5.74) is 1.29. The minimum Gasteiger partial charge on any atom is -0.295 e. The average Bonchev–Trinajstić information content (AvgIpc) is 2.44. The first-order valence-electron chi connectivity index (χ1n) is 3.31. The Labute approximate surface area is 63.1 Å². The Morgan fingerprint density at radius 1 is 1.70 bits per heavy atom. The molecule has 0 unspecified atom stereocenters. The number of imidazole rings is 1. The molecule has 0 atom stereocenters. The number of hydrogen-bond donors (Lipinski definition) is 0. The Morgan fingerprint density at radius 2 is 2.60 bits per heavy atom. The van der Waals surface area contributed by atoms with Crippen LogP contribution in [0.15, 0.2) is 17.8 Å². The summed E-state index contributed by atoms with van der Waals surface area (Å²) in [6.45, 7) is 2.14. The molecule has 2 nitrogen and oxygen atoms in total. The van der Waals surface area contributed by atoms with E-state index in [2.05, 4.69) is 27.9 Å². The molecule has 2 aromatic heterocycles. The van der Waals surface area contributed by atoms with E-state index in [1.54, 1.807) is 11.3 Å². The van der Waals surface area contributed by atoms with Crippen LogP contribution in [0.3, 0.4) is 0 Å². The van der Waals surface area contributed by atoms with Crippen LogP contribution in [0.5, 0.6) is 0 Å². The van der Waals surface area contributed by atoms with Crippen molar-refractivity contribution in [2.45, 2.75) is 13.3 Å². The lowest BCUT2D eigenvalue weighted by Crippen LogP contribution is -1.83. The molecule has 52 valence electrons. The van der Waals surface area contributed by atoms with Gasteiger partial charge in [-0.25, -0.2) is 4.98 Å². The predicted octanol–water partition coefficient (Wildman–Crippen LogP) is 1.96. The maximum atomic E-state index is 4.23. The van der Waals surface area contributed by atoms with Gasteiger partial charge < -0.3 is 0 Å². The summed E-state index contributed by atoms with van der Waals surface area (Å²) in [5.74, 6) is 0. The molecular formula is C7H8N2S. The second kappa shape index (κ2) is 2.09. The lowest BCUT2D eigenvalue weighted by Gasteiger charge is -1.88. The molecule has 0 aromatic carbocycles. The fourth-order valence-corrected chi connectivity index (χ4v) is 1.75. The Morgan fingerprint density at radius 3 is 3.40 bits per heavy atom. The van der Waals surface area contributed by atoms with E-state index in [-0.39, 0.29) is 0 Å². The van der Waals surface area contributed by atoms with Crippen molar-refractivity contribution in [1.29, 1.82) is 0 Å². The van der Waals surface area contributed by atoms with Crippen molar-refractivity contribution in [2.24, 2.45) is 0 Å². The van der Waals surface area contributed by atoms with E-state index >= 15 is 0 Å². The van der Waals surface area contributed by atoms with Gasteiger partial charge in [0, 0.05) is 17.3 Å². The maximum absolute atomic E-state index is 4.23. The van der Waals surface area contributed by atoms with E-state index in [1.165, 1.54) is 5.69 Å². The summed E-state index contributed by atoms with van der Waals surface area (Å²) in [5, 5.41) is 2.06. The normalized spacial score (nSPS) is 10.9. The Kier molecular flexibility index (Phi) is 1.24. The SMILES string of the molecule is CCc1cnc2sccn12. The molecule has 0 fully saturated rings. The summed E-state index contributed by atoms with van der Waals surface area (Å²) >= 11 is 1.68. The monoisotopic (exact) mass is 152 g/mol. The summed E-state index contributed by atoms with van der Waals surface area (Å²) in [6, 6.07) is 0. The van der Waals surface area contributed by atoms with Gasteiger partial charge in [-0.05, 0) is 6.42 Å². The van der Waals surface area contributed by atoms with Gasteiger partial charge >= 0.3 is 0 Å². The Bertz CT molecular complexity index is 334. The van der Waals surface area contributed by atoms with Crippen LogP contribution in [0.25, 0.3) is 4.96 Å². The Hall–Kier alpha value is -0.830. The van der Waals surface area contributed by atoms with Crippen molar-refractivity contribution in [3.63, 3.8) is 0 Å². The van der Waals surface area contributed by atoms with Gasteiger partial charge in [-0.1, -0.05) is 6.92 Å². The molecule has 2 aromatic rings. The van der Waals surface area contributed by atoms with E-state index in [0.29, 0.717) is 0 Å². The first-order chi connectivity index (χ1) is 4.92. The zero-order chi connectivity index (χ0) is 6.97. The first-order valence-corrected chi connectivity index (χ1v) is 4.19. The molecule has 2 rings (SSSR count). The van der Waals surface area contributed by atoms with E-state index in [9.17, 15) is 0 Å². The predicted molar refractivity (Wildman–Crippen MR) is 42.4 cm³/mol. The molecule has 0 bridgehead atoms. The van der Waals surface area contributed by atoms with Crippen LogP contribution in [0, 0.1) is 0 Å². The highest BCUT2D eigenvalue weighted by Crippen LogP contribution is 2.12. The molecular weight excluding hydrogens is 144 g/mol. The highest BCUT2D eigenvalue weighted by atomic mass is 32.1. The van der Waals surface area contributed by atoms with E-state index in [1.807, 2.05) is 6.20 Å². The van der Waals surface area contributed by atoms with Gasteiger partial charge in [0.05, 0.1) is 6.20 Å². The third kappa shape index (κ3) is 0.671. The third-order valence-corrected chi connectivity index (χ3v) is 2.36. The van der Waals surface area contributed by atoms with Crippen LogP contribution in [-0.2, 0) is 6.42 Å². The molecule has 0 amide bonds. The maximum Gasteiger partial charge on any atom is 0.193 e. The molecule has 0 radical (unpaired) electrons. The first kappa shape index (κ1) is 5.92. The lowest BCUT2D eigenvalue weighted by atomic mass is 10.4. The van der Waals surface area contributed by atoms with Gasteiger partial charge in [0.1, 0.15) is 0 Å². The number of aryl methyl sites for hydroxylation is 1. The minimum absolute atomic E-state index is 1.05. The molecule has 0 aliphatic heterocycles. The molecule has 0 saturated carbocycles. The van der Waals surface area contributed by atoms with Crippen molar-refractivity contribution in [1.82, 2.24) is 9.38 Å². The van der Waals surface area contributed by atoms with Crippen LogP contribution in [0.1, 0.15) is 12.6 Å².